The Morgan fingerprint density at radius 1 is 1.00 bits per heavy atom. The number of pyridine rings is 1. The maximum absolute atomic E-state index is 6.01. The Kier molecular flexibility index (Phi) is 5.89. The number of amidine groups is 1. The van der Waals surface area contributed by atoms with E-state index in [0.29, 0.717) is 29.0 Å². The lowest BCUT2D eigenvalue weighted by molar-refractivity contribution is 0.0526. The van der Waals surface area contributed by atoms with Crippen LogP contribution in [0.4, 0.5) is 0 Å². The predicted octanol–water partition coefficient (Wildman–Crippen LogP) is 4.63. The molecule has 8 nitrogen and oxygen atoms in total. The fourth-order valence-electron chi connectivity index (χ4n) is 2.65. The molecule has 4 aromatic rings. The number of aryl methyl sites for hydroxylation is 1. The standard InChI is InChI=1S/C23H21N5O3/c1-15-8-10-17(11-9-15)23-27-26-22(30-23)16(2)31-28-21(24)18-12-13-20(25-14-18)29-19-6-4-3-5-7-19/h3-14,16H,1-2H3,(H2,24,28)/t16-/m0/s1. The van der Waals surface area contributed by atoms with E-state index in [2.05, 4.69) is 20.3 Å². The van der Waals surface area contributed by atoms with Crippen molar-refractivity contribution < 1.29 is 14.0 Å². The molecule has 0 amide bonds. The van der Waals surface area contributed by atoms with Gasteiger partial charge < -0.3 is 19.7 Å². The number of para-hydroxylation sites is 1. The molecule has 0 unspecified atom stereocenters. The molecule has 156 valence electrons. The first kappa shape index (κ1) is 20.1. The van der Waals surface area contributed by atoms with Crippen LogP contribution in [0.2, 0.25) is 0 Å². The van der Waals surface area contributed by atoms with Crippen molar-refractivity contribution in [2.45, 2.75) is 20.0 Å². The molecule has 0 aliphatic heterocycles. The van der Waals surface area contributed by atoms with Crippen LogP contribution in [0.25, 0.3) is 11.5 Å². The van der Waals surface area contributed by atoms with Gasteiger partial charge in [0, 0.05) is 23.4 Å². The van der Waals surface area contributed by atoms with Crippen LogP contribution in [0, 0.1) is 6.92 Å². The molecule has 2 N–H and O–H groups in total. The molecule has 0 spiro atoms. The van der Waals surface area contributed by atoms with Gasteiger partial charge in [-0.1, -0.05) is 41.1 Å². The molecule has 2 heterocycles. The highest BCUT2D eigenvalue weighted by Gasteiger charge is 2.16. The van der Waals surface area contributed by atoms with Gasteiger partial charge in [-0.15, -0.1) is 10.2 Å². The second-order valence-electron chi connectivity index (χ2n) is 6.84. The number of oxime groups is 1. The molecular formula is C23H21N5O3. The molecule has 8 heteroatoms. The molecule has 0 aliphatic carbocycles. The summed E-state index contributed by atoms with van der Waals surface area (Å²) in [7, 11) is 0. The molecule has 4 rings (SSSR count). The lowest BCUT2D eigenvalue weighted by Crippen LogP contribution is -2.14. The quantitative estimate of drug-likeness (QED) is 0.266. The molecule has 1 atom stereocenters. The van der Waals surface area contributed by atoms with Crippen LogP contribution in [-0.2, 0) is 4.84 Å². The van der Waals surface area contributed by atoms with Crippen LogP contribution >= 0.6 is 0 Å². The van der Waals surface area contributed by atoms with Crippen molar-refractivity contribution >= 4 is 5.84 Å². The van der Waals surface area contributed by atoms with E-state index < -0.39 is 6.10 Å². The second-order valence-corrected chi connectivity index (χ2v) is 6.84. The van der Waals surface area contributed by atoms with Crippen molar-refractivity contribution in [3.05, 3.63) is 89.9 Å². The third-order valence-electron chi connectivity index (χ3n) is 4.39. The van der Waals surface area contributed by atoms with Crippen LogP contribution in [0.15, 0.2) is 82.5 Å². The third kappa shape index (κ3) is 5.05. The van der Waals surface area contributed by atoms with Crippen molar-refractivity contribution in [3.8, 4) is 23.1 Å². The zero-order chi connectivity index (χ0) is 21.6. The van der Waals surface area contributed by atoms with E-state index in [1.165, 1.54) is 0 Å². The predicted molar refractivity (Wildman–Crippen MR) is 115 cm³/mol. The van der Waals surface area contributed by atoms with E-state index in [-0.39, 0.29) is 5.84 Å². The van der Waals surface area contributed by atoms with Gasteiger partial charge >= 0.3 is 0 Å². The summed E-state index contributed by atoms with van der Waals surface area (Å²) in [5.41, 5.74) is 8.60. The summed E-state index contributed by atoms with van der Waals surface area (Å²) in [6, 6.07) is 20.7. The van der Waals surface area contributed by atoms with Gasteiger partial charge in [0.1, 0.15) is 5.75 Å². The number of aromatic nitrogens is 3. The molecule has 31 heavy (non-hydrogen) atoms. The minimum absolute atomic E-state index is 0.170. The second kappa shape index (κ2) is 9.08. The van der Waals surface area contributed by atoms with E-state index >= 15 is 0 Å². The van der Waals surface area contributed by atoms with Crippen LogP contribution in [-0.4, -0.2) is 21.0 Å². The van der Waals surface area contributed by atoms with Crippen molar-refractivity contribution in [1.29, 1.82) is 0 Å². The molecule has 0 saturated heterocycles. The van der Waals surface area contributed by atoms with E-state index in [9.17, 15) is 0 Å². The highest BCUT2D eigenvalue weighted by Crippen LogP contribution is 2.23. The maximum Gasteiger partial charge on any atom is 0.259 e. The molecule has 0 fully saturated rings. The highest BCUT2D eigenvalue weighted by atomic mass is 16.6. The lowest BCUT2D eigenvalue weighted by atomic mass is 10.1. The fraction of sp³-hybridized carbons (Fsp3) is 0.130. The summed E-state index contributed by atoms with van der Waals surface area (Å²) in [4.78, 5) is 9.69. The van der Waals surface area contributed by atoms with Crippen LogP contribution < -0.4 is 10.5 Å². The minimum atomic E-state index is -0.570. The smallest absolute Gasteiger partial charge is 0.259 e. The summed E-state index contributed by atoms with van der Waals surface area (Å²) in [6.45, 7) is 3.76. The van der Waals surface area contributed by atoms with Gasteiger partial charge in [0.15, 0.2) is 5.84 Å². The lowest BCUT2D eigenvalue weighted by Gasteiger charge is -2.07. The summed E-state index contributed by atoms with van der Waals surface area (Å²) in [5.74, 6) is 2.04. The largest absolute Gasteiger partial charge is 0.439 e. The number of benzene rings is 2. The number of nitrogens with zero attached hydrogens (tertiary/aromatic N) is 4. The van der Waals surface area contributed by atoms with Gasteiger partial charge in [0.05, 0.1) is 0 Å². The van der Waals surface area contributed by atoms with Crippen LogP contribution in [0.5, 0.6) is 11.6 Å². The van der Waals surface area contributed by atoms with Gasteiger partial charge in [-0.25, -0.2) is 4.98 Å². The molecule has 0 saturated carbocycles. The Labute approximate surface area is 179 Å². The Bertz CT molecular complexity index is 1160. The maximum atomic E-state index is 6.01. The van der Waals surface area contributed by atoms with Gasteiger partial charge in [0.2, 0.25) is 17.9 Å². The minimum Gasteiger partial charge on any atom is -0.439 e. The molecule has 0 radical (unpaired) electrons. The molecule has 0 bridgehead atoms. The van der Waals surface area contributed by atoms with Gasteiger partial charge in [-0.2, -0.15) is 0 Å². The number of rotatable bonds is 7. The first-order valence-electron chi connectivity index (χ1n) is 9.67. The van der Waals surface area contributed by atoms with Crippen molar-refractivity contribution in [2.75, 3.05) is 0 Å². The molecule has 0 aliphatic rings. The van der Waals surface area contributed by atoms with E-state index in [0.717, 1.165) is 11.1 Å². The van der Waals surface area contributed by atoms with E-state index in [1.807, 2.05) is 61.5 Å². The summed E-state index contributed by atoms with van der Waals surface area (Å²) < 4.78 is 11.4. The normalized spacial score (nSPS) is 12.4. The van der Waals surface area contributed by atoms with Gasteiger partial charge in [0.25, 0.3) is 5.89 Å². The zero-order valence-electron chi connectivity index (χ0n) is 17.1. The molecule has 2 aromatic heterocycles. The Hall–Kier alpha value is -4.20. The number of ether oxygens (including phenoxy) is 1. The Morgan fingerprint density at radius 3 is 2.48 bits per heavy atom. The SMILES string of the molecule is Cc1ccc(-c2nnc([C@H](C)O/N=C(\N)c3ccc(Oc4ccccc4)nc3)o2)cc1. The summed E-state index contributed by atoms with van der Waals surface area (Å²) >= 11 is 0. The van der Waals surface area contributed by atoms with Crippen molar-refractivity contribution in [1.82, 2.24) is 15.2 Å². The molecule has 2 aromatic carbocycles. The first-order valence-corrected chi connectivity index (χ1v) is 9.67. The number of hydrogen-bond acceptors (Lipinski definition) is 7. The van der Waals surface area contributed by atoms with E-state index in [4.69, 9.17) is 19.7 Å². The number of nitrogens with two attached hydrogens (primary N) is 1. The average molecular weight is 415 g/mol. The first-order chi connectivity index (χ1) is 15.1. The van der Waals surface area contributed by atoms with Gasteiger partial charge in [-0.05, 0) is 44.2 Å². The van der Waals surface area contributed by atoms with Crippen molar-refractivity contribution in [2.24, 2.45) is 10.9 Å². The van der Waals surface area contributed by atoms with Crippen LogP contribution in [0.1, 0.15) is 30.0 Å². The monoisotopic (exact) mass is 415 g/mol. The zero-order valence-corrected chi connectivity index (χ0v) is 17.1. The topological polar surface area (TPSA) is 109 Å². The summed E-state index contributed by atoms with van der Waals surface area (Å²) in [6.07, 6.45) is 0.992. The highest BCUT2D eigenvalue weighted by molar-refractivity contribution is 5.96. The third-order valence-corrected chi connectivity index (χ3v) is 4.39. The Morgan fingerprint density at radius 2 is 1.77 bits per heavy atom. The van der Waals surface area contributed by atoms with Gasteiger partial charge in [-0.3, -0.25) is 0 Å². The number of hydrogen-bond donors (Lipinski definition) is 1. The van der Waals surface area contributed by atoms with Crippen molar-refractivity contribution in [3.63, 3.8) is 0 Å². The fourth-order valence-corrected chi connectivity index (χ4v) is 2.65. The van der Waals surface area contributed by atoms with E-state index in [1.54, 1.807) is 25.3 Å². The molecular weight excluding hydrogens is 394 g/mol. The summed E-state index contributed by atoms with van der Waals surface area (Å²) in [5, 5.41) is 12.1. The Balaban J connectivity index is 1.38. The average Bonchev–Trinajstić information content (AvgIpc) is 3.29. The van der Waals surface area contributed by atoms with Crippen LogP contribution in [0.3, 0.4) is 0 Å².